The van der Waals surface area contributed by atoms with Crippen molar-refractivity contribution >= 4 is 22.7 Å². The lowest BCUT2D eigenvalue weighted by atomic mass is 9.84. The number of rotatable bonds is 6. The van der Waals surface area contributed by atoms with E-state index in [2.05, 4.69) is 35.4 Å². The van der Waals surface area contributed by atoms with Crippen LogP contribution in [0.5, 0.6) is 5.75 Å². The van der Waals surface area contributed by atoms with Crippen molar-refractivity contribution in [1.29, 1.82) is 0 Å². The third-order valence-corrected chi connectivity index (χ3v) is 6.61. The molecule has 1 aromatic heterocycles. The standard InChI is InChI=1S/C29H30N2O3/c1-19-8-14-25(20(2)16-19)29-31-26-17-23(11-15-27(26)34-29)30-28(32)18-33-24-12-9-22(10-13-24)21-6-4-3-5-7-21/h8-17,21H,3-7,18H2,1-2H3,(H,30,32). The summed E-state index contributed by atoms with van der Waals surface area (Å²) < 4.78 is 11.7. The van der Waals surface area contributed by atoms with Gasteiger partial charge >= 0.3 is 0 Å². The molecule has 34 heavy (non-hydrogen) atoms. The van der Waals surface area contributed by atoms with Crippen molar-refractivity contribution in [1.82, 2.24) is 4.98 Å². The second kappa shape index (κ2) is 9.72. The molecule has 0 radical (unpaired) electrons. The van der Waals surface area contributed by atoms with Crippen LogP contribution in [0.1, 0.15) is 54.7 Å². The van der Waals surface area contributed by atoms with Gasteiger partial charge in [0.25, 0.3) is 5.91 Å². The molecule has 5 nitrogen and oxygen atoms in total. The number of hydrogen-bond donors (Lipinski definition) is 1. The van der Waals surface area contributed by atoms with E-state index in [0.29, 0.717) is 34.3 Å². The van der Waals surface area contributed by atoms with Gasteiger partial charge in [0.15, 0.2) is 12.2 Å². The Kier molecular flexibility index (Phi) is 6.35. The van der Waals surface area contributed by atoms with Crippen molar-refractivity contribution in [3.63, 3.8) is 0 Å². The molecule has 1 saturated carbocycles. The van der Waals surface area contributed by atoms with Crippen molar-refractivity contribution < 1.29 is 13.9 Å². The van der Waals surface area contributed by atoms with E-state index in [1.165, 1.54) is 43.2 Å². The molecule has 0 unspecified atom stereocenters. The highest BCUT2D eigenvalue weighted by Gasteiger charge is 2.16. The van der Waals surface area contributed by atoms with Crippen LogP contribution in [0.4, 0.5) is 5.69 Å². The van der Waals surface area contributed by atoms with Gasteiger partial charge in [0.2, 0.25) is 5.89 Å². The quantitative estimate of drug-likeness (QED) is 0.335. The van der Waals surface area contributed by atoms with E-state index in [4.69, 9.17) is 9.15 Å². The van der Waals surface area contributed by atoms with E-state index < -0.39 is 0 Å². The highest BCUT2D eigenvalue weighted by molar-refractivity contribution is 5.94. The molecule has 5 heteroatoms. The summed E-state index contributed by atoms with van der Waals surface area (Å²) in [5, 5.41) is 2.89. The summed E-state index contributed by atoms with van der Waals surface area (Å²) in [6.07, 6.45) is 6.52. The Hall–Kier alpha value is -3.60. The summed E-state index contributed by atoms with van der Waals surface area (Å²) in [5.41, 5.74) is 6.70. The number of ether oxygens (including phenoxy) is 1. The molecule has 0 bridgehead atoms. The number of fused-ring (bicyclic) bond motifs is 1. The Morgan fingerprint density at radius 1 is 1.00 bits per heavy atom. The van der Waals surface area contributed by atoms with Crippen molar-refractivity contribution in [3.8, 4) is 17.2 Å². The van der Waals surface area contributed by atoms with Crippen molar-refractivity contribution in [2.45, 2.75) is 51.9 Å². The fourth-order valence-corrected chi connectivity index (χ4v) is 4.79. The number of anilines is 1. The van der Waals surface area contributed by atoms with Gasteiger partial charge in [-0.3, -0.25) is 4.79 Å². The summed E-state index contributed by atoms with van der Waals surface area (Å²) in [6.45, 7) is 4.06. The van der Waals surface area contributed by atoms with E-state index in [1.54, 1.807) is 0 Å². The van der Waals surface area contributed by atoms with E-state index in [-0.39, 0.29) is 12.5 Å². The number of benzene rings is 3. The maximum atomic E-state index is 12.5. The third kappa shape index (κ3) is 4.98. The number of nitrogens with zero attached hydrogens (tertiary/aromatic N) is 1. The molecule has 3 aromatic carbocycles. The van der Waals surface area contributed by atoms with Crippen LogP contribution in [0.15, 0.2) is 65.1 Å². The minimum Gasteiger partial charge on any atom is -0.484 e. The van der Waals surface area contributed by atoms with Crippen molar-refractivity contribution in [2.24, 2.45) is 0 Å². The highest BCUT2D eigenvalue weighted by atomic mass is 16.5. The SMILES string of the molecule is Cc1ccc(-c2nc3cc(NC(=O)COc4ccc(C5CCCCC5)cc4)ccc3o2)c(C)c1. The predicted molar refractivity (Wildman–Crippen MR) is 135 cm³/mol. The van der Waals surface area contributed by atoms with Gasteiger partial charge in [-0.2, -0.15) is 0 Å². The molecule has 1 amide bonds. The average Bonchev–Trinajstić information content (AvgIpc) is 3.26. The summed E-state index contributed by atoms with van der Waals surface area (Å²) in [4.78, 5) is 17.1. The Balaban J connectivity index is 1.20. The first kappa shape index (κ1) is 22.2. The molecule has 1 N–H and O–H groups in total. The highest BCUT2D eigenvalue weighted by Crippen LogP contribution is 2.33. The lowest BCUT2D eigenvalue weighted by molar-refractivity contribution is -0.118. The maximum Gasteiger partial charge on any atom is 0.262 e. The Morgan fingerprint density at radius 2 is 1.79 bits per heavy atom. The topological polar surface area (TPSA) is 64.4 Å². The molecule has 1 heterocycles. The molecule has 0 atom stereocenters. The monoisotopic (exact) mass is 454 g/mol. The number of amides is 1. The molecule has 1 aliphatic carbocycles. The van der Waals surface area contributed by atoms with E-state index in [9.17, 15) is 4.79 Å². The predicted octanol–water partition coefficient (Wildman–Crippen LogP) is 7.18. The second-order valence-electron chi connectivity index (χ2n) is 9.26. The number of nitrogens with one attached hydrogen (secondary N) is 1. The smallest absolute Gasteiger partial charge is 0.262 e. The van der Waals surface area contributed by atoms with Crippen LogP contribution in [-0.4, -0.2) is 17.5 Å². The van der Waals surface area contributed by atoms with Crippen LogP contribution in [0, 0.1) is 13.8 Å². The second-order valence-corrected chi connectivity index (χ2v) is 9.26. The van der Waals surface area contributed by atoms with Crippen LogP contribution < -0.4 is 10.1 Å². The average molecular weight is 455 g/mol. The zero-order valence-electron chi connectivity index (χ0n) is 19.8. The zero-order valence-corrected chi connectivity index (χ0v) is 19.8. The van der Waals surface area contributed by atoms with Gasteiger partial charge in [0.05, 0.1) is 0 Å². The molecule has 4 aromatic rings. The lowest BCUT2D eigenvalue weighted by Gasteiger charge is -2.22. The molecule has 0 spiro atoms. The number of carbonyl (C=O) groups excluding carboxylic acids is 1. The van der Waals surface area contributed by atoms with Crippen LogP contribution in [0.3, 0.4) is 0 Å². The van der Waals surface area contributed by atoms with Crippen molar-refractivity contribution in [3.05, 3.63) is 77.4 Å². The zero-order chi connectivity index (χ0) is 23.5. The first-order valence-corrected chi connectivity index (χ1v) is 12.1. The van der Waals surface area contributed by atoms with Gasteiger partial charge in [0.1, 0.15) is 11.3 Å². The largest absolute Gasteiger partial charge is 0.484 e. The fraction of sp³-hybridized carbons (Fsp3) is 0.310. The van der Waals surface area contributed by atoms with Gasteiger partial charge in [-0.15, -0.1) is 0 Å². The summed E-state index contributed by atoms with van der Waals surface area (Å²) in [5.74, 6) is 1.73. The number of hydrogen-bond acceptors (Lipinski definition) is 4. The molecule has 1 aliphatic rings. The number of oxazole rings is 1. The van der Waals surface area contributed by atoms with Crippen LogP contribution in [0.25, 0.3) is 22.6 Å². The first-order chi connectivity index (χ1) is 16.5. The Bertz CT molecular complexity index is 1300. The minimum atomic E-state index is -0.214. The molecule has 1 fully saturated rings. The van der Waals surface area contributed by atoms with Crippen LogP contribution in [-0.2, 0) is 4.79 Å². The van der Waals surface area contributed by atoms with Gasteiger partial charge < -0.3 is 14.5 Å². The van der Waals surface area contributed by atoms with Gasteiger partial charge in [-0.25, -0.2) is 4.98 Å². The van der Waals surface area contributed by atoms with Crippen LogP contribution in [0.2, 0.25) is 0 Å². The molecule has 174 valence electrons. The number of aryl methyl sites for hydroxylation is 2. The van der Waals surface area contributed by atoms with Gasteiger partial charge in [-0.05, 0) is 80.1 Å². The fourth-order valence-electron chi connectivity index (χ4n) is 4.79. The Morgan fingerprint density at radius 3 is 2.56 bits per heavy atom. The lowest BCUT2D eigenvalue weighted by Crippen LogP contribution is -2.20. The number of carbonyl (C=O) groups is 1. The molecular weight excluding hydrogens is 424 g/mol. The normalized spacial score (nSPS) is 14.3. The van der Waals surface area contributed by atoms with E-state index >= 15 is 0 Å². The molecular formula is C29H30N2O3. The molecule has 5 rings (SSSR count). The minimum absolute atomic E-state index is 0.0482. The summed E-state index contributed by atoms with van der Waals surface area (Å²) >= 11 is 0. The summed E-state index contributed by atoms with van der Waals surface area (Å²) in [6, 6.07) is 19.8. The number of aromatic nitrogens is 1. The maximum absolute atomic E-state index is 12.5. The van der Waals surface area contributed by atoms with E-state index in [1.807, 2.05) is 49.4 Å². The first-order valence-electron chi connectivity index (χ1n) is 12.1. The summed E-state index contributed by atoms with van der Waals surface area (Å²) in [7, 11) is 0. The Labute approximate surface area is 200 Å². The molecule has 0 saturated heterocycles. The van der Waals surface area contributed by atoms with E-state index in [0.717, 1.165) is 11.1 Å². The van der Waals surface area contributed by atoms with Gasteiger partial charge in [-0.1, -0.05) is 49.1 Å². The third-order valence-electron chi connectivity index (χ3n) is 6.61. The van der Waals surface area contributed by atoms with Crippen molar-refractivity contribution in [2.75, 3.05) is 11.9 Å². The van der Waals surface area contributed by atoms with Gasteiger partial charge in [0, 0.05) is 11.3 Å². The molecule has 0 aliphatic heterocycles. The van der Waals surface area contributed by atoms with Crippen LogP contribution >= 0.6 is 0 Å².